The van der Waals surface area contributed by atoms with E-state index < -0.39 is 9.84 Å². The first kappa shape index (κ1) is 18.5. The lowest BCUT2D eigenvalue weighted by molar-refractivity contribution is -0.00503. The van der Waals surface area contributed by atoms with Crippen molar-refractivity contribution in [1.82, 2.24) is 10.2 Å². The van der Waals surface area contributed by atoms with E-state index in [1.165, 1.54) is 0 Å². The molecule has 2 saturated heterocycles. The number of aliphatic imine (C=N–C) groups is 1. The third-order valence-electron chi connectivity index (χ3n) is 4.83. The fourth-order valence-corrected chi connectivity index (χ4v) is 5.11. The van der Waals surface area contributed by atoms with Crippen LogP contribution in [0.1, 0.15) is 40.0 Å². The molecule has 0 radical (unpaired) electrons. The molecule has 0 aromatic rings. The normalized spacial score (nSPS) is 30.4. The van der Waals surface area contributed by atoms with Crippen LogP contribution in [0.3, 0.4) is 0 Å². The SMILES string of the molecule is CCCNC(=NCC1CCS(=O)(=O)C1)N1CCC(O)C(C)(C)C1. The zero-order chi connectivity index (χ0) is 17.1. The molecule has 2 rings (SSSR count). The molecule has 0 aromatic carbocycles. The van der Waals surface area contributed by atoms with Crippen molar-refractivity contribution in [2.75, 3.05) is 37.7 Å². The smallest absolute Gasteiger partial charge is 0.193 e. The van der Waals surface area contributed by atoms with Crippen LogP contribution in [0.2, 0.25) is 0 Å². The van der Waals surface area contributed by atoms with Crippen molar-refractivity contribution in [2.45, 2.75) is 46.1 Å². The Labute approximate surface area is 140 Å². The number of piperidine rings is 1. The van der Waals surface area contributed by atoms with Crippen molar-refractivity contribution in [3.05, 3.63) is 0 Å². The summed E-state index contributed by atoms with van der Waals surface area (Å²) in [4.78, 5) is 6.91. The molecule has 2 N–H and O–H groups in total. The third kappa shape index (κ3) is 5.08. The molecule has 2 atom stereocenters. The van der Waals surface area contributed by atoms with Crippen molar-refractivity contribution in [1.29, 1.82) is 0 Å². The van der Waals surface area contributed by atoms with E-state index in [4.69, 9.17) is 4.99 Å². The van der Waals surface area contributed by atoms with Gasteiger partial charge in [0.2, 0.25) is 0 Å². The molecule has 0 aromatic heterocycles. The van der Waals surface area contributed by atoms with E-state index in [1.54, 1.807) is 0 Å². The first-order chi connectivity index (χ1) is 10.7. The molecule has 0 bridgehead atoms. The summed E-state index contributed by atoms with van der Waals surface area (Å²) in [7, 11) is -2.85. The number of rotatable bonds is 4. The van der Waals surface area contributed by atoms with Crippen LogP contribution in [-0.4, -0.2) is 68.2 Å². The first-order valence-corrected chi connectivity index (χ1v) is 10.5. The van der Waals surface area contributed by atoms with Crippen molar-refractivity contribution in [3.8, 4) is 0 Å². The molecule has 7 heteroatoms. The zero-order valence-corrected chi connectivity index (χ0v) is 15.4. The van der Waals surface area contributed by atoms with E-state index in [1.807, 2.05) is 0 Å². The van der Waals surface area contributed by atoms with Crippen LogP contribution in [0, 0.1) is 11.3 Å². The van der Waals surface area contributed by atoms with Gasteiger partial charge in [-0.15, -0.1) is 0 Å². The molecule has 2 aliphatic heterocycles. The summed E-state index contributed by atoms with van der Waals surface area (Å²) >= 11 is 0. The molecule has 2 unspecified atom stereocenters. The molecular weight excluding hydrogens is 314 g/mol. The fraction of sp³-hybridized carbons (Fsp3) is 0.938. The quantitative estimate of drug-likeness (QED) is 0.584. The largest absolute Gasteiger partial charge is 0.392 e. The van der Waals surface area contributed by atoms with E-state index in [0.29, 0.717) is 12.3 Å². The number of aliphatic hydroxyl groups is 1. The molecule has 0 saturated carbocycles. The molecule has 0 amide bonds. The van der Waals surface area contributed by atoms with Gasteiger partial charge in [0.05, 0.1) is 17.6 Å². The van der Waals surface area contributed by atoms with Gasteiger partial charge >= 0.3 is 0 Å². The molecule has 0 aliphatic carbocycles. The summed E-state index contributed by atoms with van der Waals surface area (Å²) in [6.45, 7) is 9.20. The van der Waals surface area contributed by atoms with Gasteiger partial charge in [0.1, 0.15) is 0 Å². The summed E-state index contributed by atoms with van der Waals surface area (Å²) in [6, 6.07) is 0. The Kier molecular flexibility index (Phi) is 5.94. The minimum atomic E-state index is -2.85. The van der Waals surface area contributed by atoms with Gasteiger partial charge in [0.25, 0.3) is 0 Å². The summed E-state index contributed by atoms with van der Waals surface area (Å²) in [5, 5.41) is 13.5. The average molecular weight is 346 g/mol. The molecular formula is C16H31N3O3S. The number of aliphatic hydroxyl groups excluding tert-OH is 1. The summed E-state index contributed by atoms with van der Waals surface area (Å²) in [5.41, 5.74) is -0.163. The second-order valence-electron chi connectivity index (χ2n) is 7.57. The second-order valence-corrected chi connectivity index (χ2v) is 9.80. The van der Waals surface area contributed by atoms with Gasteiger partial charge in [-0.1, -0.05) is 20.8 Å². The maximum absolute atomic E-state index is 11.6. The Morgan fingerprint density at radius 3 is 2.70 bits per heavy atom. The molecule has 0 spiro atoms. The van der Waals surface area contributed by atoms with Crippen molar-refractivity contribution in [3.63, 3.8) is 0 Å². The van der Waals surface area contributed by atoms with Gasteiger partial charge in [0, 0.05) is 31.6 Å². The van der Waals surface area contributed by atoms with E-state index in [-0.39, 0.29) is 23.2 Å². The molecule has 2 aliphatic rings. The predicted octanol–water partition coefficient (Wildman–Crippen LogP) is 0.870. The van der Waals surface area contributed by atoms with Crippen LogP contribution in [0.15, 0.2) is 4.99 Å². The standard InChI is InChI=1S/C16H31N3O3S/c1-4-7-17-15(18-10-13-6-9-23(21,22)11-13)19-8-5-14(20)16(2,3)12-19/h13-14,20H,4-12H2,1-3H3,(H,17,18). The maximum atomic E-state index is 11.6. The number of guanidine groups is 1. The number of hydrogen-bond acceptors (Lipinski definition) is 4. The minimum absolute atomic E-state index is 0.141. The van der Waals surface area contributed by atoms with Gasteiger partial charge in [0.15, 0.2) is 15.8 Å². The van der Waals surface area contributed by atoms with Crippen LogP contribution < -0.4 is 5.32 Å². The highest BCUT2D eigenvalue weighted by molar-refractivity contribution is 7.91. The average Bonchev–Trinajstić information content (AvgIpc) is 2.81. The number of sulfone groups is 1. The maximum Gasteiger partial charge on any atom is 0.193 e. The Hall–Kier alpha value is -0.820. The Morgan fingerprint density at radius 1 is 1.39 bits per heavy atom. The third-order valence-corrected chi connectivity index (χ3v) is 6.67. The van der Waals surface area contributed by atoms with Crippen LogP contribution in [0.25, 0.3) is 0 Å². The number of nitrogens with one attached hydrogen (secondary N) is 1. The van der Waals surface area contributed by atoms with Gasteiger partial charge < -0.3 is 15.3 Å². The van der Waals surface area contributed by atoms with Crippen LogP contribution in [0.4, 0.5) is 0 Å². The summed E-state index contributed by atoms with van der Waals surface area (Å²) in [5.74, 6) is 1.56. The molecule has 6 nitrogen and oxygen atoms in total. The highest BCUT2D eigenvalue weighted by atomic mass is 32.2. The van der Waals surface area contributed by atoms with Gasteiger partial charge in [-0.3, -0.25) is 4.99 Å². The van der Waals surface area contributed by atoms with Gasteiger partial charge in [-0.05, 0) is 25.2 Å². The topological polar surface area (TPSA) is 82.0 Å². The van der Waals surface area contributed by atoms with E-state index in [9.17, 15) is 13.5 Å². The van der Waals surface area contributed by atoms with Gasteiger partial charge in [-0.2, -0.15) is 0 Å². The van der Waals surface area contributed by atoms with E-state index in [2.05, 4.69) is 31.0 Å². The number of hydrogen-bond donors (Lipinski definition) is 2. The molecule has 2 fully saturated rings. The zero-order valence-electron chi connectivity index (χ0n) is 14.6. The second kappa shape index (κ2) is 7.38. The summed E-state index contributed by atoms with van der Waals surface area (Å²) < 4.78 is 23.2. The molecule has 134 valence electrons. The van der Waals surface area contributed by atoms with E-state index >= 15 is 0 Å². The van der Waals surface area contributed by atoms with Crippen molar-refractivity contribution < 1.29 is 13.5 Å². The predicted molar refractivity (Wildman–Crippen MR) is 93.3 cm³/mol. The lowest BCUT2D eigenvalue weighted by atomic mass is 9.81. The van der Waals surface area contributed by atoms with Crippen molar-refractivity contribution >= 4 is 15.8 Å². The van der Waals surface area contributed by atoms with Gasteiger partial charge in [-0.25, -0.2) is 8.42 Å². The lowest BCUT2D eigenvalue weighted by Gasteiger charge is -2.43. The highest BCUT2D eigenvalue weighted by Crippen LogP contribution is 2.29. The Bertz CT molecular complexity index is 531. The number of nitrogens with zero attached hydrogens (tertiary/aromatic N) is 2. The molecule has 23 heavy (non-hydrogen) atoms. The van der Waals surface area contributed by atoms with Crippen molar-refractivity contribution in [2.24, 2.45) is 16.3 Å². The minimum Gasteiger partial charge on any atom is -0.392 e. The summed E-state index contributed by atoms with van der Waals surface area (Å²) in [6.07, 6.45) is 2.18. The Morgan fingerprint density at radius 2 is 2.13 bits per heavy atom. The fourth-order valence-electron chi connectivity index (χ4n) is 3.26. The highest BCUT2D eigenvalue weighted by Gasteiger charge is 2.36. The van der Waals surface area contributed by atoms with E-state index in [0.717, 1.165) is 44.9 Å². The lowest BCUT2D eigenvalue weighted by Crippen LogP contribution is -2.54. The monoisotopic (exact) mass is 345 g/mol. The van der Waals surface area contributed by atoms with Crippen LogP contribution in [-0.2, 0) is 9.84 Å². The Balaban J connectivity index is 2.03. The van der Waals surface area contributed by atoms with Crippen LogP contribution in [0.5, 0.6) is 0 Å². The number of likely N-dealkylation sites (tertiary alicyclic amines) is 1. The first-order valence-electron chi connectivity index (χ1n) is 8.65. The molecule has 2 heterocycles. The van der Waals surface area contributed by atoms with Crippen LogP contribution >= 0.6 is 0 Å².